The van der Waals surface area contributed by atoms with Crippen molar-refractivity contribution >= 4 is 22.6 Å². The van der Waals surface area contributed by atoms with Crippen LogP contribution in [0.15, 0.2) is 89.3 Å². The Bertz CT molecular complexity index is 1100. The molecule has 31 heavy (non-hydrogen) atoms. The number of rotatable bonds is 8. The van der Waals surface area contributed by atoms with Crippen molar-refractivity contribution in [3.63, 3.8) is 0 Å². The van der Waals surface area contributed by atoms with Gasteiger partial charge in [-0.15, -0.1) is 0 Å². The van der Waals surface area contributed by atoms with E-state index in [-0.39, 0.29) is 18.5 Å². The number of carbonyl (C=O) groups is 1. The van der Waals surface area contributed by atoms with Gasteiger partial charge in [-0.2, -0.15) is 0 Å². The molecular weight excluding hydrogens is 388 g/mol. The van der Waals surface area contributed by atoms with Crippen LogP contribution in [0, 0.1) is 0 Å². The van der Waals surface area contributed by atoms with Crippen molar-refractivity contribution in [3.8, 4) is 5.75 Å². The normalized spacial score (nSPS) is 11.8. The van der Waals surface area contributed by atoms with Crippen molar-refractivity contribution in [2.75, 3.05) is 18.6 Å². The van der Waals surface area contributed by atoms with Crippen LogP contribution < -0.4 is 15.0 Å². The van der Waals surface area contributed by atoms with Gasteiger partial charge in [0.15, 0.2) is 0 Å². The molecule has 3 aromatic carbocycles. The molecule has 0 bridgehead atoms. The third-order valence-corrected chi connectivity index (χ3v) is 5.24. The number of furan rings is 1. The monoisotopic (exact) mass is 414 g/mol. The van der Waals surface area contributed by atoms with Gasteiger partial charge >= 0.3 is 0 Å². The van der Waals surface area contributed by atoms with Crippen molar-refractivity contribution in [3.05, 3.63) is 96.3 Å². The Morgan fingerprint density at radius 3 is 2.42 bits per heavy atom. The highest BCUT2D eigenvalue weighted by Gasteiger charge is 2.17. The van der Waals surface area contributed by atoms with Crippen LogP contribution >= 0.6 is 0 Å². The molecule has 5 heteroatoms. The van der Waals surface area contributed by atoms with Gasteiger partial charge in [0.2, 0.25) is 5.91 Å². The lowest BCUT2D eigenvalue weighted by atomic mass is 10.2. The van der Waals surface area contributed by atoms with Gasteiger partial charge < -0.3 is 19.4 Å². The molecule has 5 nitrogen and oxygen atoms in total. The maximum atomic E-state index is 12.9. The maximum Gasteiger partial charge on any atom is 0.240 e. The molecule has 0 fully saturated rings. The first-order valence-corrected chi connectivity index (χ1v) is 10.3. The summed E-state index contributed by atoms with van der Waals surface area (Å²) >= 11 is 0. The summed E-state index contributed by atoms with van der Waals surface area (Å²) in [5.74, 6) is 1.46. The highest BCUT2D eigenvalue weighted by Crippen LogP contribution is 2.24. The van der Waals surface area contributed by atoms with E-state index in [1.165, 1.54) is 0 Å². The van der Waals surface area contributed by atoms with Gasteiger partial charge in [0.25, 0.3) is 0 Å². The molecule has 0 saturated carbocycles. The van der Waals surface area contributed by atoms with Gasteiger partial charge in [-0.1, -0.05) is 48.5 Å². The van der Waals surface area contributed by atoms with Crippen LogP contribution in [0.5, 0.6) is 5.75 Å². The van der Waals surface area contributed by atoms with Crippen LogP contribution in [-0.2, 0) is 11.3 Å². The van der Waals surface area contributed by atoms with Crippen LogP contribution in [0.25, 0.3) is 11.0 Å². The van der Waals surface area contributed by atoms with Crippen LogP contribution in [-0.4, -0.2) is 19.6 Å². The number of nitrogens with zero attached hydrogens (tertiary/aromatic N) is 1. The van der Waals surface area contributed by atoms with Gasteiger partial charge in [-0.05, 0) is 48.9 Å². The first kappa shape index (κ1) is 20.5. The molecule has 1 atom stereocenters. The predicted octanol–water partition coefficient (Wildman–Crippen LogP) is 5.33. The van der Waals surface area contributed by atoms with E-state index in [1.54, 1.807) is 7.11 Å². The summed E-state index contributed by atoms with van der Waals surface area (Å²) in [5, 5.41) is 4.10. The lowest BCUT2D eigenvalue weighted by Gasteiger charge is -2.25. The van der Waals surface area contributed by atoms with E-state index in [9.17, 15) is 4.79 Å². The van der Waals surface area contributed by atoms with Crippen LogP contribution in [0.2, 0.25) is 0 Å². The third kappa shape index (κ3) is 5.07. The Hall–Kier alpha value is -3.73. The van der Waals surface area contributed by atoms with Crippen molar-refractivity contribution < 1.29 is 13.9 Å². The summed E-state index contributed by atoms with van der Waals surface area (Å²) in [7, 11) is 1.64. The number of amides is 1. The van der Waals surface area contributed by atoms with Crippen molar-refractivity contribution in [1.82, 2.24) is 5.32 Å². The Balaban J connectivity index is 1.48. The Kier molecular flexibility index (Phi) is 6.22. The van der Waals surface area contributed by atoms with E-state index in [4.69, 9.17) is 9.15 Å². The largest absolute Gasteiger partial charge is 0.497 e. The summed E-state index contributed by atoms with van der Waals surface area (Å²) in [5.41, 5.74) is 2.91. The van der Waals surface area contributed by atoms with Crippen LogP contribution in [0.3, 0.4) is 0 Å². The number of para-hydroxylation sites is 1. The number of benzene rings is 3. The second-order valence-electron chi connectivity index (χ2n) is 7.52. The van der Waals surface area contributed by atoms with Crippen LogP contribution in [0.1, 0.15) is 24.3 Å². The van der Waals surface area contributed by atoms with E-state index in [0.29, 0.717) is 6.54 Å². The number of hydrogen-bond acceptors (Lipinski definition) is 4. The molecule has 0 spiro atoms. The quantitative estimate of drug-likeness (QED) is 0.424. The molecule has 0 aliphatic rings. The minimum absolute atomic E-state index is 0.0697. The average Bonchev–Trinajstić information content (AvgIpc) is 3.24. The first-order chi connectivity index (χ1) is 15.1. The first-order valence-electron chi connectivity index (χ1n) is 10.3. The standard InChI is InChI=1S/C26H26N2O3/c1-19(25-16-21-10-6-7-11-24(21)31-25)27-26(29)18-28(17-20-8-4-3-5-9-20)22-12-14-23(30-2)15-13-22/h3-16,19H,17-18H2,1-2H3,(H,27,29). The molecule has 4 rings (SSSR count). The molecular formula is C26H26N2O3. The zero-order valence-electron chi connectivity index (χ0n) is 17.7. The van der Waals surface area contributed by atoms with Gasteiger partial charge in [0, 0.05) is 17.6 Å². The summed E-state index contributed by atoms with van der Waals surface area (Å²) in [6.45, 7) is 2.79. The van der Waals surface area contributed by atoms with Crippen molar-refractivity contribution in [2.45, 2.75) is 19.5 Å². The van der Waals surface area contributed by atoms with Gasteiger partial charge in [0.05, 0.1) is 19.7 Å². The Morgan fingerprint density at radius 2 is 1.71 bits per heavy atom. The average molecular weight is 415 g/mol. The molecule has 1 amide bonds. The molecule has 4 aromatic rings. The second kappa shape index (κ2) is 9.39. The van der Waals surface area contributed by atoms with Crippen molar-refractivity contribution in [1.29, 1.82) is 0 Å². The number of nitrogens with one attached hydrogen (secondary N) is 1. The molecule has 0 saturated heterocycles. The van der Waals surface area contributed by atoms with Crippen molar-refractivity contribution in [2.24, 2.45) is 0 Å². The van der Waals surface area contributed by atoms with E-state index in [2.05, 4.69) is 22.3 Å². The van der Waals surface area contributed by atoms with E-state index >= 15 is 0 Å². The molecule has 0 aliphatic carbocycles. The van der Waals surface area contributed by atoms with E-state index in [1.807, 2.05) is 79.7 Å². The predicted molar refractivity (Wildman–Crippen MR) is 123 cm³/mol. The summed E-state index contributed by atoms with van der Waals surface area (Å²) < 4.78 is 11.2. The maximum absolute atomic E-state index is 12.9. The number of carbonyl (C=O) groups excluding carboxylic acids is 1. The summed E-state index contributed by atoms with van der Waals surface area (Å²) in [4.78, 5) is 15.0. The lowest BCUT2D eigenvalue weighted by Crippen LogP contribution is -2.38. The fraction of sp³-hybridized carbons (Fsp3) is 0.192. The highest BCUT2D eigenvalue weighted by atomic mass is 16.5. The molecule has 1 heterocycles. The van der Waals surface area contributed by atoms with E-state index in [0.717, 1.165) is 33.7 Å². The zero-order valence-corrected chi connectivity index (χ0v) is 17.7. The third-order valence-electron chi connectivity index (χ3n) is 5.24. The van der Waals surface area contributed by atoms with Crippen LogP contribution in [0.4, 0.5) is 5.69 Å². The molecule has 1 aromatic heterocycles. The fourth-order valence-corrected chi connectivity index (χ4v) is 3.58. The minimum atomic E-state index is -0.227. The zero-order chi connectivity index (χ0) is 21.6. The van der Waals surface area contributed by atoms with E-state index < -0.39 is 0 Å². The number of ether oxygens (including phenoxy) is 1. The lowest BCUT2D eigenvalue weighted by molar-refractivity contribution is -0.120. The van der Waals surface area contributed by atoms with Gasteiger partial charge in [-0.25, -0.2) is 0 Å². The Morgan fingerprint density at radius 1 is 1.00 bits per heavy atom. The molecule has 1 unspecified atom stereocenters. The number of anilines is 1. The SMILES string of the molecule is COc1ccc(N(CC(=O)NC(C)c2cc3ccccc3o2)Cc2ccccc2)cc1. The molecule has 1 N–H and O–H groups in total. The molecule has 158 valence electrons. The number of hydrogen-bond donors (Lipinski definition) is 1. The molecule has 0 radical (unpaired) electrons. The van der Waals surface area contributed by atoms with Gasteiger partial charge in [0.1, 0.15) is 17.1 Å². The number of fused-ring (bicyclic) bond motifs is 1. The topological polar surface area (TPSA) is 54.7 Å². The second-order valence-corrected chi connectivity index (χ2v) is 7.52. The molecule has 0 aliphatic heterocycles. The van der Waals surface area contributed by atoms with Gasteiger partial charge in [-0.3, -0.25) is 4.79 Å². The summed E-state index contributed by atoms with van der Waals surface area (Å²) in [6, 6.07) is 27.5. The Labute approximate surface area is 182 Å². The summed E-state index contributed by atoms with van der Waals surface area (Å²) in [6.07, 6.45) is 0. The fourth-order valence-electron chi connectivity index (χ4n) is 3.58. The smallest absolute Gasteiger partial charge is 0.240 e. The number of methoxy groups -OCH3 is 1. The minimum Gasteiger partial charge on any atom is -0.497 e. The highest BCUT2D eigenvalue weighted by molar-refractivity contribution is 5.82.